The Hall–Kier alpha value is -3.70. The van der Waals surface area contributed by atoms with Crippen molar-refractivity contribution < 1.29 is 9.59 Å². The first kappa shape index (κ1) is 27.3. The molecule has 12 nitrogen and oxygen atoms in total. The molecule has 0 unspecified atom stereocenters. The van der Waals surface area contributed by atoms with Crippen LogP contribution in [0.25, 0.3) is 22.8 Å². The van der Waals surface area contributed by atoms with Crippen LogP contribution in [0.2, 0.25) is 10.6 Å². The van der Waals surface area contributed by atoms with Gasteiger partial charge in [-0.15, -0.1) is 0 Å². The molecule has 0 aliphatic carbocycles. The maximum absolute atomic E-state index is 12.2. The van der Waals surface area contributed by atoms with Crippen molar-refractivity contribution in [3.05, 3.63) is 72.3 Å². The van der Waals surface area contributed by atoms with E-state index in [-0.39, 0.29) is 11.8 Å². The van der Waals surface area contributed by atoms with Gasteiger partial charge in [-0.05, 0) is 0 Å². The number of benzene rings is 2. The van der Waals surface area contributed by atoms with E-state index in [1.807, 2.05) is 48.5 Å². The van der Waals surface area contributed by atoms with E-state index >= 15 is 0 Å². The van der Waals surface area contributed by atoms with Crippen LogP contribution >= 0.6 is 0 Å². The molecule has 14 heteroatoms. The van der Waals surface area contributed by atoms with Crippen LogP contribution < -0.4 is 10.6 Å². The molecule has 4 rings (SSSR count). The topological polar surface area (TPSA) is 161 Å². The summed E-state index contributed by atoms with van der Waals surface area (Å²) < 4.78 is 0. The van der Waals surface area contributed by atoms with Crippen molar-refractivity contribution in [3.63, 3.8) is 0 Å². The molecule has 0 spiro atoms. The first-order valence-electron chi connectivity index (χ1n) is 11.6. The number of amides is 2. The quantitative estimate of drug-likeness (QED) is 0.159. The number of hydrogen-bond donors (Lipinski definition) is 2. The van der Waals surface area contributed by atoms with Crippen molar-refractivity contribution in [1.29, 1.82) is 0 Å². The van der Waals surface area contributed by atoms with E-state index in [0.717, 1.165) is 32.9 Å². The summed E-state index contributed by atoms with van der Waals surface area (Å²) in [6.07, 6.45) is 3.60. The normalized spacial score (nSPS) is 10.6. The fourth-order valence-electron chi connectivity index (χ4n) is 3.15. The molecule has 2 amide bonds. The summed E-state index contributed by atoms with van der Waals surface area (Å²) in [7, 11) is 0. The molecule has 38 heavy (non-hydrogen) atoms. The van der Waals surface area contributed by atoms with Crippen LogP contribution in [0.4, 0.5) is 0 Å². The first-order chi connectivity index (χ1) is 18.7. The van der Waals surface area contributed by atoms with E-state index in [0.29, 0.717) is 63.8 Å². The van der Waals surface area contributed by atoms with Gasteiger partial charge in [-0.1, -0.05) is 0 Å². The number of rotatable bonds is 13. The van der Waals surface area contributed by atoms with Crippen molar-refractivity contribution >= 4 is 38.1 Å². The third kappa shape index (κ3) is 9.00. The van der Waals surface area contributed by atoms with Gasteiger partial charge < -0.3 is 0 Å². The van der Waals surface area contributed by atoms with E-state index in [9.17, 15) is 9.59 Å². The van der Waals surface area contributed by atoms with Crippen LogP contribution in [0.5, 0.6) is 0 Å². The molecular weight excluding hydrogens is 618 g/mol. The van der Waals surface area contributed by atoms with Gasteiger partial charge in [0.05, 0.1) is 0 Å². The predicted molar refractivity (Wildman–Crippen MR) is 140 cm³/mol. The summed E-state index contributed by atoms with van der Waals surface area (Å²) in [4.78, 5) is 24.3. The molecule has 2 aromatic heterocycles. The molecule has 0 aliphatic rings. The Bertz CT molecular complexity index is 1190. The Morgan fingerprint density at radius 1 is 0.579 bits per heavy atom. The minimum atomic E-state index is 0.0432. The van der Waals surface area contributed by atoms with Crippen molar-refractivity contribution in [1.82, 2.24) is 51.4 Å². The Labute approximate surface area is 230 Å². The third-order valence-corrected chi connectivity index (χ3v) is 12.5. The molecule has 0 fully saturated rings. The zero-order chi connectivity index (χ0) is 26.4. The molecule has 0 atom stereocenters. The number of nitrogens with one attached hydrogen (secondary N) is 2. The first-order valence-corrected chi connectivity index (χ1v) is 18.4. The van der Waals surface area contributed by atoms with E-state index in [1.54, 1.807) is 0 Å². The number of carbonyl (C=O) groups excluding carboxylic acids is 2. The Morgan fingerprint density at radius 2 is 0.947 bits per heavy atom. The monoisotopic (exact) mass is 644 g/mol. The van der Waals surface area contributed by atoms with Gasteiger partial charge in [0.2, 0.25) is 0 Å². The second kappa shape index (κ2) is 14.9. The van der Waals surface area contributed by atoms with E-state index in [1.165, 1.54) is 12.7 Å². The van der Waals surface area contributed by atoms with Gasteiger partial charge in [0, 0.05) is 0 Å². The van der Waals surface area contributed by atoms with E-state index in [2.05, 4.69) is 51.4 Å². The van der Waals surface area contributed by atoms with Crippen LogP contribution in [0.3, 0.4) is 0 Å². The molecule has 0 radical (unpaired) electrons. The van der Waals surface area contributed by atoms with Gasteiger partial charge in [-0.3, -0.25) is 0 Å². The zero-order valence-corrected chi connectivity index (χ0v) is 23.7. The van der Waals surface area contributed by atoms with Gasteiger partial charge in [-0.2, -0.15) is 0 Å². The zero-order valence-electron chi connectivity index (χ0n) is 20.2. The van der Waals surface area contributed by atoms with Crippen molar-refractivity contribution in [3.8, 4) is 22.8 Å². The van der Waals surface area contributed by atoms with Crippen LogP contribution in [0.1, 0.15) is 24.0 Å². The molecule has 2 aromatic carbocycles. The van der Waals surface area contributed by atoms with Gasteiger partial charge in [0.1, 0.15) is 0 Å². The molecule has 0 aliphatic heterocycles. The van der Waals surface area contributed by atoms with Gasteiger partial charge in [-0.25, -0.2) is 0 Å². The molecule has 2 heterocycles. The predicted octanol–water partition coefficient (Wildman–Crippen LogP) is 1.05. The summed E-state index contributed by atoms with van der Waals surface area (Å²) >= 11 is 0.784. The number of aromatic nitrogens is 8. The average molecular weight is 642 g/mol. The van der Waals surface area contributed by atoms with Crippen molar-refractivity contribution in [2.24, 2.45) is 0 Å². The summed E-state index contributed by atoms with van der Waals surface area (Å²) in [6.45, 7) is 0.946. The second-order valence-corrected chi connectivity index (χ2v) is 15.7. The molecule has 4 aromatic rings. The van der Waals surface area contributed by atoms with Gasteiger partial charge in [0.25, 0.3) is 0 Å². The average Bonchev–Trinajstić information content (AvgIpc) is 2.98. The molecule has 0 bridgehead atoms. The SMILES string of the molecule is O=C(CC[Se][Se]CCC(=O)NCc1ccc(-c2nncnn2)cc1)NCc1ccc(-c2nncnn2)cc1. The Kier molecular flexibility index (Phi) is 10.7. The summed E-state index contributed by atoms with van der Waals surface area (Å²) in [6, 6.07) is 15.2. The van der Waals surface area contributed by atoms with Crippen LogP contribution in [0.15, 0.2) is 61.2 Å². The number of nitrogens with zero attached hydrogens (tertiary/aromatic N) is 8. The number of carbonyl (C=O) groups is 2. The van der Waals surface area contributed by atoms with Crippen LogP contribution in [0, 0.1) is 0 Å². The Morgan fingerprint density at radius 3 is 1.32 bits per heavy atom. The summed E-state index contributed by atoms with van der Waals surface area (Å²) in [5, 5.41) is 38.3. The standard InChI is InChI=1S/C24H24N10O2Se2/c35-21(25-13-17-1-5-19(6-2-17)23-31-27-15-28-32-23)9-11-37-38-12-10-22(36)26-14-18-3-7-20(8-4-18)24-33-29-16-30-34-24/h1-8,15-16H,9-14H2,(H,25,35)(H,26,36). The fourth-order valence-corrected chi connectivity index (χ4v) is 9.16. The second-order valence-electron chi connectivity index (χ2n) is 7.83. The summed E-state index contributed by atoms with van der Waals surface area (Å²) in [5.74, 6) is 1.01. The number of hydrogen-bond acceptors (Lipinski definition) is 10. The molecule has 2 N–H and O–H groups in total. The van der Waals surface area contributed by atoms with Gasteiger partial charge >= 0.3 is 218 Å². The van der Waals surface area contributed by atoms with Crippen molar-refractivity contribution in [2.75, 3.05) is 0 Å². The third-order valence-electron chi connectivity index (χ3n) is 5.13. The Balaban J connectivity index is 1.04. The maximum atomic E-state index is 12.2. The fraction of sp³-hybridized carbons (Fsp3) is 0.250. The molecule has 0 saturated heterocycles. The van der Waals surface area contributed by atoms with Gasteiger partial charge in [0.15, 0.2) is 12.7 Å². The minimum absolute atomic E-state index is 0.0432. The molecule has 194 valence electrons. The summed E-state index contributed by atoms with van der Waals surface area (Å²) in [5.41, 5.74) is 3.64. The van der Waals surface area contributed by atoms with E-state index < -0.39 is 0 Å². The van der Waals surface area contributed by atoms with E-state index in [4.69, 9.17) is 0 Å². The molecule has 0 saturated carbocycles. The van der Waals surface area contributed by atoms with Crippen molar-refractivity contribution in [2.45, 2.75) is 36.6 Å². The van der Waals surface area contributed by atoms with Crippen LogP contribution in [-0.2, 0) is 22.7 Å². The molecular formula is C24H24N10O2Se2. The van der Waals surface area contributed by atoms with Crippen LogP contribution in [-0.4, -0.2) is 78.9 Å².